The smallest absolute Gasteiger partial charge is 0.0508 e. The molecule has 2 nitrogen and oxygen atoms in total. The van der Waals surface area contributed by atoms with Crippen molar-refractivity contribution < 1.29 is 17.1 Å². The molecule has 2 aromatic carbocycles. The van der Waals surface area contributed by atoms with Gasteiger partial charge < -0.3 is 30.3 Å². The summed E-state index contributed by atoms with van der Waals surface area (Å²) in [4.78, 5) is 10.1. The molecule has 4 saturated carbocycles. The van der Waals surface area contributed by atoms with Crippen LogP contribution in [0.1, 0.15) is 54.6 Å². The molecule has 2 atom stereocenters. The van der Waals surface area contributed by atoms with Gasteiger partial charge in [0.25, 0.3) is 0 Å². The Balaban J connectivity index is 0.000000609. The Kier molecular flexibility index (Phi) is 10.4. The second kappa shape index (κ2) is 13.4. The normalized spacial score (nSPS) is 25.8. The summed E-state index contributed by atoms with van der Waals surface area (Å²) in [6, 6.07) is 25.5. The molecule has 0 spiro atoms. The van der Waals surface area contributed by atoms with Gasteiger partial charge in [0.15, 0.2) is 0 Å². The van der Waals surface area contributed by atoms with Crippen LogP contribution in [0.2, 0.25) is 39.3 Å². The molecule has 2 unspecified atom stereocenters. The van der Waals surface area contributed by atoms with Gasteiger partial charge >= 0.3 is 0 Å². The van der Waals surface area contributed by atoms with Crippen LogP contribution in [0.3, 0.4) is 0 Å². The Bertz CT molecular complexity index is 1450. The average molecular weight is 711 g/mol. The van der Waals surface area contributed by atoms with E-state index in [0.29, 0.717) is 0 Å². The first-order chi connectivity index (χ1) is 20.9. The Labute approximate surface area is 290 Å². The van der Waals surface area contributed by atoms with Crippen LogP contribution in [0.15, 0.2) is 85.2 Å². The average Bonchev–Trinajstić information content (AvgIpc) is 3.71. The summed E-state index contributed by atoms with van der Waals surface area (Å²) in [5.74, 6) is 3.49. The Morgan fingerprint density at radius 1 is 0.800 bits per heavy atom. The fraction of sp³-hybridized carbons (Fsp3) is 0.474. The quantitative estimate of drug-likeness (QED) is 0.109. The van der Waals surface area contributed by atoms with E-state index in [-0.39, 0.29) is 22.5 Å². The molecule has 0 radical (unpaired) electrons. The Morgan fingerprint density at radius 2 is 1.27 bits per heavy atom. The van der Waals surface area contributed by atoms with E-state index in [4.69, 9.17) is 9.97 Å². The van der Waals surface area contributed by atoms with Crippen LogP contribution in [-0.2, 0) is 27.6 Å². The van der Waals surface area contributed by atoms with E-state index in [1.54, 1.807) is 15.9 Å². The van der Waals surface area contributed by atoms with Gasteiger partial charge in [0, 0.05) is 54.1 Å². The van der Waals surface area contributed by atoms with Crippen molar-refractivity contribution in [1.29, 1.82) is 0 Å². The summed E-state index contributed by atoms with van der Waals surface area (Å²) < 4.78 is 0. The standard InChI is InChI=1S/C33H47N2P2Si2.C5H5.Fe/c1-38(2,3)27-20-26(33(37,28-11-7-9-13-34-28)29-12-8-10-14-35-29)30(31(27)39(4,5)6)32(21-36)24-16-22-15-23(18-24)19-25(32)17-22;1-2-4-5-3-1;/h7-14,20,22-25H,15-19,21,36-37H2,1-6H3;1-5H;/q-1;-5;. The maximum Gasteiger partial charge on any atom is 0.0508 e. The molecule has 7 heteroatoms. The summed E-state index contributed by atoms with van der Waals surface area (Å²) in [6.45, 7) is 15.5. The van der Waals surface area contributed by atoms with E-state index >= 15 is 0 Å². The second-order valence-electron chi connectivity index (χ2n) is 16.0. The largest absolute Gasteiger partial charge is 0.748 e. The summed E-state index contributed by atoms with van der Waals surface area (Å²) in [5, 5.41) is 3.02. The van der Waals surface area contributed by atoms with Gasteiger partial charge in [-0.25, -0.2) is 0 Å². The maximum atomic E-state index is 5.05. The van der Waals surface area contributed by atoms with Crippen molar-refractivity contribution in [2.75, 3.05) is 6.16 Å². The van der Waals surface area contributed by atoms with E-state index in [2.05, 4.69) is 88.1 Å². The third kappa shape index (κ3) is 6.25. The zero-order valence-corrected chi connectivity index (χ0v) is 33.5. The summed E-state index contributed by atoms with van der Waals surface area (Å²) in [5.41, 5.74) is 5.65. The van der Waals surface area contributed by atoms with Crippen LogP contribution in [-0.4, -0.2) is 32.3 Å². The van der Waals surface area contributed by atoms with Crippen molar-refractivity contribution in [3.8, 4) is 0 Å². The van der Waals surface area contributed by atoms with Gasteiger partial charge in [-0.05, 0) is 86.2 Å². The van der Waals surface area contributed by atoms with Gasteiger partial charge in [0.05, 0.1) is 8.07 Å². The van der Waals surface area contributed by atoms with Gasteiger partial charge in [-0.15, -0.1) is 18.5 Å². The molecule has 4 fully saturated rings. The van der Waals surface area contributed by atoms with Crippen LogP contribution in [0.4, 0.5) is 0 Å². The number of hydrogen-bond donors (Lipinski definition) is 0. The van der Waals surface area contributed by atoms with Gasteiger partial charge in [-0.2, -0.15) is 27.6 Å². The molecule has 4 aromatic rings. The van der Waals surface area contributed by atoms with Gasteiger partial charge in [0.2, 0.25) is 0 Å². The van der Waals surface area contributed by atoms with E-state index < -0.39 is 21.3 Å². The predicted molar refractivity (Wildman–Crippen MR) is 201 cm³/mol. The van der Waals surface area contributed by atoms with Crippen LogP contribution in [0.5, 0.6) is 0 Å². The van der Waals surface area contributed by atoms with Gasteiger partial charge in [0.1, 0.15) is 0 Å². The van der Waals surface area contributed by atoms with Crippen molar-refractivity contribution in [3.63, 3.8) is 0 Å². The number of hydrogen-bond acceptors (Lipinski definition) is 2. The van der Waals surface area contributed by atoms with E-state index in [1.165, 1.54) is 43.8 Å². The minimum Gasteiger partial charge on any atom is -0.748 e. The SMILES string of the molecule is C[Si](C)(C)c1c(C2(CP)C3CC4CC(C3)CC2C4)c(C(P)(c2ccccn2)c2ccccn2)c[c-]1[Si](C)(C)C.[Fe].[cH-]1[cH-][cH-][cH-][cH-]1. The van der Waals surface area contributed by atoms with E-state index in [0.717, 1.165) is 35.1 Å². The van der Waals surface area contributed by atoms with Crippen LogP contribution < -0.4 is 10.4 Å². The first kappa shape index (κ1) is 35.1. The molecule has 0 N–H and O–H groups in total. The summed E-state index contributed by atoms with van der Waals surface area (Å²) in [6.07, 6.45) is 12.3. The summed E-state index contributed by atoms with van der Waals surface area (Å²) in [7, 11) is 3.27. The molecule has 0 amide bonds. The Morgan fingerprint density at radius 3 is 1.62 bits per heavy atom. The Hall–Kier alpha value is -1.19. The van der Waals surface area contributed by atoms with Crippen LogP contribution in [0, 0.1) is 23.7 Å². The van der Waals surface area contributed by atoms with Crippen molar-refractivity contribution in [1.82, 2.24) is 9.97 Å². The van der Waals surface area contributed by atoms with Crippen LogP contribution in [0.25, 0.3) is 0 Å². The van der Waals surface area contributed by atoms with Gasteiger partial charge in [-0.1, -0.05) is 56.8 Å². The third-order valence-corrected chi connectivity index (χ3v) is 17.0. The number of nitrogens with zero attached hydrogens (tertiary/aromatic N) is 2. The number of rotatable bonds is 7. The molecular formula is C38H52FeN2P2Si2-6. The minimum atomic E-state index is -1.72. The molecule has 246 valence electrons. The number of pyridine rings is 2. The summed E-state index contributed by atoms with van der Waals surface area (Å²) >= 11 is 0. The monoisotopic (exact) mass is 710 g/mol. The first-order valence-corrected chi connectivity index (χ1v) is 25.1. The molecule has 2 aromatic heterocycles. The van der Waals surface area contributed by atoms with Crippen molar-refractivity contribution >= 4 is 45.0 Å². The molecule has 8 rings (SSSR count). The molecular weight excluding hydrogens is 658 g/mol. The molecule has 4 bridgehead atoms. The molecule has 4 aliphatic rings. The third-order valence-electron chi connectivity index (χ3n) is 11.2. The van der Waals surface area contributed by atoms with Gasteiger partial charge in [-0.3, -0.25) is 9.97 Å². The predicted octanol–water partition coefficient (Wildman–Crippen LogP) is 8.42. The van der Waals surface area contributed by atoms with Crippen molar-refractivity contribution in [2.45, 2.75) is 82.0 Å². The topological polar surface area (TPSA) is 25.8 Å². The van der Waals surface area contributed by atoms with E-state index in [1.807, 2.05) is 54.9 Å². The fourth-order valence-corrected chi connectivity index (χ4v) is 16.7. The maximum absolute atomic E-state index is 5.05. The molecule has 0 saturated heterocycles. The van der Waals surface area contributed by atoms with Crippen LogP contribution >= 0.6 is 18.5 Å². The first-order valence-electron chi connectivity index (χ1n) is 16.7. The molecule has 0 aliphatic heterocycles. The molecule has 45 heavy (non-hydrogen) atoms. The number of aromatic nitrogens is 2. The molecule has 2 heterocycles. The molecule has 4 aliphatic carbocycles. The fourth-order valence-electron chi connectivity index (χ4n) is 9.51. The van der Waals surface area contributed by atoms with Crippen molar-refractivity contribution in [2.24, 2.45) is 23.7 Å². The zero-order chi connectivity index (χ0) is 31.3. The second-order valence-corrected chi connectivity index (χ2v) is 27.3. The minimum absolute atomic E-state index is 0. The zero-order valence-electron chi connectivity index (χ0n) is 28.0. The van der Waals surface area contributed by atoms with E-state index in [9.17, 15) is 0 Å². The van der Waals surface area contributed by atoms with Crippen molar-refractivity contribution in [3.05, 3.63) is 108 Å².